The van der Waals surface area contributed by atoms with E-state index < -0.39 is 0 Å². The van der Waals surface area contributed by atoms with E-state index in [2.05, 4.69) is 18.6 Å². The average molecular weight is 208 g/mol. The Hall–Kier alpha value is -1.76. The highest BCUT2D eigenvalue weighted by molar-refractivity contribution is 5.41. The Kier molecular flexibility index (Phi) is 2.37. The van der Waals surface area contributed by atoms with Gasteiger partial charge in [0.1, 0.15) is 11.9 Å². The fourth-order valence-electron chi connectivity index (χ4n) is 1.97. The van der Waals surface area contributed by atoms with Crippen LogP contribution >= 0.6 is 0 Å². The first kappa shape index (κ1) is 9.46. The first-order valence-corrected chi connectivity index (χ1v) is 5.48. The third-order valence-corrected chi connectivity index (χ3v) is 2.81. The number of para-hydroxylation sites is 1. The van der Waals surface area contributed by atoms with Gasteiger partial charge < -0.3 is 4.74 Å². The van der Waals surface area contributed by atoms with Gasteiger partial charge in [-0.3, -0.25) is 0 Å². The third kappa shape index (κ3) is 1.69. The third-order valence-electron chi connectivity index (χ3n) is 2.81. The molecule has 0 saturated heterocycles. The Labute approximate surface area is 95.7 Å². The van der Waals surface area contributed by atoms with Gasteiger partial charge in [0.15, 0.2) is 0 Å². The molecule has 2 aromatic rings. The maximum absolute atomic E-state index is 5.96. The number of benzene rings is 2. The molecule has 78 valence electrons. The van der Waals surface area contributed by atoms with Crippen LogP contribution in [0.15, 0.2) is 54.6 Å². The van der Waals surface area contributed by atoms with Crippen molar-refractivity contribution in [1.29, 1.82) is 0 Å². The lowest BCUT2D eigenvalue weighted by Gasteiger charge is -2.25. The fourth-order valence-corrected chi connectivity index (χ4v) is 1.97. The Balaban J connectivity index is 1.89. The molecule has 0 amide bonds. The van der Waals surface area contributed by atoms with Crippen molar-refractivity contribution >= 4 is 0 Å². The molecule has 1 heterocycles. The van der Waals surface area contributed by atoms with Crippen LogP contribution in [0.1, 0.15) is 23.7 Å². The molecule has 0 fully saturated rings. The van der Waals surface area contributed by atoms with Crippen LogP contribution in [0.3, 0.4) is 0 Å². The van der Waals surface area contributed by atoms with E-state index in [1.165, 1.54) is 5.56 Å². The Morgan fingerprint density at radius 3 is 2.56 bits per heavy atom. The van der Waals surface area contributed by atoms with Gasteiger partial charge in [0.25, 0.3) is 0 Å². The molecule has 0 spiro atoms. The monoisotopic (exact) mass is 208 g/mol. The fraction of sp³-hybridized carbons (Fsp3) is 0.133. The van der Waals surface area contributed by atoms with Gasteiger partial charge in [0.2, 0.25) is 0 Å². The standard InChI is InChI=1S/C15H12O/c1-2-6-12(7-3-1)15-11-10-13-8-4-5-9-14(13)16-15/h1-9,15H,11H2. The van der Waals surface area contributed by atoms with Gasteiger partial charge in [-0.15, -0.1) is 0 Å². The van der Waals surface area contributed by atoms with Crippen molar-refractivity contribution in [2.45, 2.75) is 12.5 Å². The van der Waals surface area contributed by atoms with Crippen LogP contribution in [0, 0.1) is 6.42 Å². The number of ether oxygens (including phenoxy) is 1. The molecule has 1 nitrogen and oxygen atoms in total. The number of rotatable bonds is 1. The van der Waals surface area contributed by atoms with Gasteiger partial charge in [-0.2, -0.15) is 0 Å². The quantitative estimate of drug-likeness (QED) is 0.695. The minimum atomic E-state index is 0.107. The molecule has 0 N–H and O–H groups in total. The molecule has 3 rings (SSSR count). The molecule has 1 unspecified atom stereocenters. The van der Waals surface area contributed by atoms with Gasteiger partial charge in [-0.05, 0) is 11.6 Å². The zero-order valence-electron chi connectivity index (χ0n) is 8.89. The van der Waals surface area contributed by atoms with Crippen molar-refractivity contribution in [2.75, 3.05) is 0 Å². The number of hydrogen-bond donors (Lipinski definition) is 0. The van der Waals surface area contributed by atoms with Crippen LogP contribution in [0.2, 0.25) is 0 Å². The molecule has 1 aliphatic rings. The summed E-state index contributed by atoms with van der Waals surface area (Å²) in [6.45, 7) is 0. The number of fused-ring (bicyclic) bond motifs is 1. The zero-order chi connectivity index (χ0) is 10.8. The van der Waals surface area contributed by atoms with Crippen molar-refractivity contribution in [3.8, 4) is 5.75 Å². The van der Waals surface area contributed by atoms with Crippen molar-refractivity contribution in [2.24, 2.45) is 0 Å². The van der Waals surface area contributed by atoms with Gasteiger partial charge >= 0.3 is 0 Å². The average Bonchev–Trinajstić information content (AvgIpc) is 2.39. The summed E-state index contributed by atoms with van der Waals surface area (Å²) in [7, 11) is 0. The molecular weight excluding hydrogens is 196 g/mol. The highest BCUT2D eigenvalue weighted by Crippen LogP contribution is 2.35. The van der Waals surface area contributed by atoms with E-state index in [0.29, 0.717) is 0 Å². The molecule has 0 bridgehead atoms. The van der Waals surface area contributed by atoms with E-state index in [4.69, 9.17) is 4.74 Å². The zero-order valence-corrected chi connectivity index (χ0v) is 8.89. The van der Waals surface area contributed by atoms with E-state index >= 15 is 0 Å². The lowest BCUT2D eigenvalue weighted by Crippen LogP contribution is -2.13. The highest BCUT2D eigenvalue weighted by atomic mass is 16.5. The lowest BCUT2D eigenvalue weighted by atomic mass is 9.98. The van der Waals surface area contributed by atoms with E-state index in [0.717, 1.165) is 17.7 Å². The molecule has 2 aromatic carbocycles. The smallest absolute Gasteiger partial charge is 0.125 e. The Morgan fingerprint density at radius 1 is 0.938 bits per heavy atom. The van der Waals surface area contributed by atoms with E-state index in [1.807, 2.05) is 42.5 Å². The second-order valence-electron chi connectivity index (χ2n) is 3.89. The highest BCUT2D eigenvalue weighted by Gasteiger charge is 2.20. The van der Waals surface area contributed by atoms with Gasteiger partial charge in [0, 0.05) is 18.4 Å². The molecule has 1 heteroatoms. The normalized spacial score (nSPS) is 18.6. The summed E-state index contributed by atoms with van der Waals surface area (Å²) >= 11 is 0. The van der Waals surface area contributed by atoms with Crippen LogP contribution in [-0.2, 0) is 0 Å². The second kappa shape index (κ2) is 4.01. The summed E-state index contributed by atoms with van der Waals surface area (Å²) in [6.07, 6.45) is 4.31. The van der Waals surface area contributed by atoms with Crippen molar-refractivity contribution < 1.29 is 4.74 Å². The van der Waals surface area contributed by atoms with Crippen LogP contribution in [0.4, 0.5) is 0 Å². The van der Waals surface area contributed by atoms with E-state index in [-0.39, 0.29) is 6.10 Å². The minimum absolute atomic E-state index is 0.107. The van der Waals surface area contributed by atoms with E-state index in [1.54, 1.807) is 0 Å². The van der Waals surface area contributed by atoms with Crippen LogP contribution in [0.5, 0.6) is 5.75 Å². The second-order valence-corrected chi connectivity index (χ2v) is 3.89. The van der Waals surface area contributed by atoms with Gasteiger partial charge in [0.05, 0.1) is 0 Å². The molecule has 0 aliphatic carbocycles. The summed E-state index contributed by atoms with van der Waals surface area (Å²) < 4.78 is 5.96. The number of hydrogen-bond acceptors (Lipinski definition) is 1. The minimum Gasteiger partial charge on any atom is -0.485 e. The topological polar surface area (TPSA) is 9.23 Å². The summed E-state index contributed by atoms with van der Waals surface area (Å²) in [5, 5.41) is 0. The summed E-state index contributed by atoms with van der Waals surface area (Å²) in [6, 6.07) is 18.3. The van der Waals surface area contributed by atoms with Crippen molar-refractivity contribution in [3.63, 3.8) is 0 Å². The van der Waals surface area contributed by atoms with E-state index in [9.17, 15) is 0 Å². The van der Waals surface area contributed by atoms with Gasteiger partial charge in [-0.25, -0.2) is 0 Å². The summed E-state index contributed by atoms with van der Waals surface area (Å²) in [5.41, 5.74) is 2.29. The predicted octanol–water partition coefficient (Wildman–Crippen LogP) is 3.64. The van der Waals surface area contributed by atoms with Crippen molar-refractivity contribution in [3.05, 3.63) is 72.1 Å². The Morgan fingerprint density at radius 2 is 1.69 bits per heavy atom. The maximum Gasteiger partial charge on any atom is 0.125 e. The molecule has 2 radical (unpaired) electrons. The largest absolute Gasteiger partial charge is 0.485 e. The van der Waals surface area contributed by atoms with Gasteiger partial charge in [-0.1, -0.05) is 48.5 Å². The first-order chi connectivity index (χ1) is 7.93. The molecule has 0 aromatic heterocycles. The molecule has 1 aliphatic heterocycles. The van der Waals surface area contributed by atoms with Crippen LogP contribution < -0.4 is 4.74 Å². The summed E-state index contributed by atoms with van der Waals surface area (Å²) in [5.74, 6) is 0.933. The molecule has 0 saturated carbocycles. The van der Waals surface area contributed by atoms with Crippen LogP contribution in [0.25, 0.3) is 0 Å². The molecule has 16 heavy (non-hydrogen) atoms. The predicted molar refractivity (Wildman–Crippen MR) is 63.2 cm³/mol. The summed E-state index contributed by atoms with van der Waals surface area (Å²) in [4.78, 5) is 0. The molecular formula is C15H12O. The molecule has 1 atom stereocenters. The SMILES string of the molecule is [C]1CC(c2ccccc2)Oc2ccccc21. The van der Waals surface area contributed by atoms with Crippen molar-refractivity contribution in [1.82, 2.24) is 0 Å². The maximum atomic E-state index is 5.96. The Bertz CT molecular complexity index is 476. The lowest BCUT2D eigenvalue weighted by molar-refractivity contribution is 0.193. The van der Waals surface area contributed by atoms with Crippen LogP contribution in [-0.4, -0.2) is 0 Å². The first-order valence-electron chi connectivity index (χ1n) is 5.48.